The molecule has 3 aromatic carbocycles. The molecule has 198 valence electrons. The van der Waals surface area contributed by atoms with Crippen molar-refractivity contribution in [2.75, 3.05) is 23.8 Å². The smallest absolute Gasteiger partial charge is 0.321 e. The van der Waals surface area contributed by atoms with Gasteiger partial charge in [-0.25, -0.2) is 14.8 Å². The molecule has 0 atom stereocenters. The number of hydrogen-bond acceptors (Lipinski definition) is 6. The van der Waals surface area contributed by atoms with Gasteiger partial charge in [0, 0.05) is 28.7 Å². The Morgan fingerprint density at radius 1 is 1.00 bits per heavy atom. The van der Waals surface area contributed by atoms with Gasteiger partial charge in [0.05, 0.1) is 27.5 Å². The maximum Gasteiger partial charge on any atom is 0.321 e. The fourth-order valence-electron chi connectivity index (χ4n) is 3.94. The molecular weight excluding hydrogens is 557 g/mol. The van der Waals surface area contributed by atoms with Gasteiger partial charge in [-0.15, -0.1) is 0 Å². The van der Waals surface area contributed by atoms with Gasteiger partial charge in [-0.2, -0.15) is 0 Å². The van der Waals surface area contributed by atoms with Crippen molar-refractivity contribution in [2.24, 2.45) is 0 Å². The molecule has 0 aliphatic rings. The number of nitrogens with one attached hydrogen (secondary N) is 2. The minimum absolute atomic E-state index is 0.0745. The lowest BCUT2D eigenvalue weighted by molar-refractivity contribution is -0.117. The summed E-state index contributed by atoms with van der Waals surface area (Å²) in [5, 5.41) is 7.31. The van der Waals surface area contributed by atoms with Crippen LogP contribution < -0.4 is 20.3 Å². The van der Waals surface area contributed by atoms with Crippen LogP contribution in [0.2, 0.25) is 10.0 Å². The Labute approximate surface area is 238 Å². The predicted molar refractivity (Wildman–Crippen MR) is 157 cm³/mol. The molecule has 2 heterocycles. The molecule has 5 aromatic rings. The van der Waals surface area contributed by atoms with Crippen LogP contribution in [0, 0.1) is 6.92 Å². The molecule has 0 unspecified atom stereocenters. The number of para-hydroxylation sites is 2. The number of fused-ring (bicyclic) bond motifs is 2. The first-order chi connectivity index (χ1) is 18.8. The zero-order chi connectivity index (χ0) is 27.5. The number of carbonyl (C=O) groups excluding carboxylic acids is 2. The number of aromatic nitrogens is 2. The van der Waals surface area contributed by atoms with Crippen LogP contribution in [0.25, 0.3) is 21.1 Å². The number of amides is 3. The summed E-state index contributed by atoms with van der Waals surface area (Å²) >= 11 is 14.5. The van der Waals surface area contributed by atoms with Gasteiger partial charge < -0.3 is 15.0 Å². The van der Waals surface area contributed by atoms with E-state index in [1.165, 1.54) is 16.2 Å². The van der Waals surface area contributed by atoms with E-state index in [1.807, 2.05) is 61.5 Å². The van der Waals surface area contributed by atoms with Crippen molar-refractivity contribution in [3.8, 4) is 5.75 Å². The lowest BCUT2D eigenvalue weighted by atomic mass is 10.1. The molecule has 2 aromatic heterocycles. The molecular formula is C28H23Cl2N5O3S. The Bertz CT molecular complexity index is 1680. The molecule has 0 spiro atoms. The van der Waals surface area contributed by atoms with E-state index in [0.717, 1.165) is 26.8 Å². The van der Waals surface area contributed by atoms with Gasteiger partial charge in [0.15, 0.2) is 5.13 Å². The molecule has 0 radical (unpaired) electrons. The number of nitrogens with zero attached hydrogens (tertiary/aromatic N) is 3. The lowest BCUT2D eigenvalue weighted by Crippen LogP contribution is -2.40. The maximum absolute atomic E-state index is 12.9. The number of thiazole rings is 1. The molecule has 3 amide bonds. The lowest BCUT2D eigenvalue weighted by Gasteiger charge is -2.21. The quantitative estimate of drug-likeness (QED) is 0.220. The number of pyridine rings is 1. The number of benzene rings is 3. The third kappa shape index (κ3) is 5.90. The zero-order valence-corrected chi connectivity index (χ0v) is 23.3. The van der Waals surface area contributed by atoms with Crippen LogP contribution in [0.4, 0.5) is 15.6 Å². The minimum Gasteiger partial charge on any atom is -0.487 e. The molecule has 0 aliphatic carbocycles. The first-order valence-corrected chi connectivity index (χ1v) is 13.5. The molecule has 0 saturated carbocycles. The first-order valence-electron chi connectivity index (χ1n) is 11.9. The third-order valence-electron chi connectivity index (χ3n) is 6.01. The van der Waals surface area contributed by atoms with Crippen molar-refractivity contribution >= 4 is 78.4 Å². The van der Waals surface area contributed by atoms with E-state index >= 15 is 0 Å². The van der Waals surface area contributed by atoms with Gasteiger partial charge >= 0.3 is 6.03 Å². The van der Waals surface area contributed by atoms with E-state index in [2.05, 4.69) is 20.6 Å². The van der Waals surface area contributed by atoms with E-state index in [1.54, 1.807) is 19.2 Å². The summed E-state index contributed by atoms with van der Waals surface area (Å²) in [4.78, 5) is 35.6. The SMILES string of the molecule is Cc1ccc2cccc(OCc3c(Cl)ccc(N(C)C(=O)CNC(=O)Nc4nc5ccccc5s4)c3Cl)c2n1. The Hall–Kier alpha value is -3.92. The number of likely N-dealkylation sites (N-methyl/N-ethyl adjacent to an activating group) is 1. The van der Waals surface area contributed by atoms with Crippen LogP contribution >= 0.6 is 34.5 Å². The van der Waals surface area contributed by atoms with Gasteiger partial charge in [0.2, 0.25) is 5.91 Å². The van der Waals surface area contributed by atoms with Crippen molar-refractivity contribution < 1.29 is 14.3 Å². The van der Waals surface area contributed by atoms with Crippen LogP contribution in [-0.4, -0.2) is 35.5 Å². The Kier molecular flexibility index (Phi) is 7.83. The zero-order valence-electron chi connectivity index (χ0n) is 21.0. The summed E-state index contributed by atoms with van der Waals surface area (Å²) in [5.74, 6) is 0.223. The van der Waals surface area contributed by atoms with Crippen molar-refractivity contribution in [3.63, 3.8) is 0 Å². The van der Waals surface area contributed by atoms with Gasteiger partial charge in [0.25, 0.3) is 0 Å². The average Bonchev–Trinajstić information content (AvgIpc) is 3.33. The Morgan fingerprint density at radius 3 is 2.64 bits per heavy atom. The molecule has 8 nitrogen and oxygen atoms in total. The van der Waals surface area contributed by atoms with Crippen LogP contribution in [0.5, 0.6) is 5.75 Å². The number of aryl methyl sites for hydroxylation is 1. The second-order valence-electron chi connectivity index (χ2n) is 8.68. The number of ether oxygens (including phenoxy) is 1. The fraction of sp³-hybridized carbons (Fsp3) is 0.143. The monoisotopic (exact) mass is 579 g/mol. The van der Waals surface area contributed by atoms with E-state index in [4.69, 9.17) is 27.9 Å². The van der Waals surface area contributed by atoms with E-state index in [9.17, 15) is 9.59 Å². The fourth-order valence-corrected chi connectivity index (χ4v) is 5.40. The van der Waals surface area contributed by atoms with E-state index in [0.29, 0.717) is 27.2 Å². The normalized spacial score (nSPS) is 11.0. The number of rotatable bonds is 7. The summed E-state index contributed by atoms with van der Waals surface area (Å²) < 4.78 is 7.02. The summed E-state index contributed by atoms with van der Waals surface area (Å²) in [6, 6.07) is 19.9. The number of hydrogen-bond donors (Lipinski definition) is 2. The summed E-state index contributed by atoms with van der Waals surface area (Å²) in [5.41, 5.74) is 3.37. The van der Waals surface area contributed by atoms with Crippen LogP contribution in [0.3, 0.4) is 0 Å². The first kappa shape index (κ1) is 26.7. The van der Waals surface area contributed by atoms with Crippen LogP contribution in [0.1, 0.15) is 11.3 Å². The third-order valence-corrected chi connectivity index (χ3v) is 7.74. The molecule has 0 aliphatic heterocycles. The van der Waals surface area contributed by atoms with Crippen molar-refractivity contribution in [1.29, 1.82) is 0 Å². The molecule has 0 bridgehead atoms. The van der Waals surface area contributed by atoms with Gasteiger partial charge in [-0.05, 0) is 43.3 Å². The number of urea groups is 1. The standard InChI is InChI=1S/C28H23Cl2N5O3S/c1-16-10-11-17-6-5-8-22(26(17)32-16)38-15-18-19(29)12-13-21(25(18)30)35(2)24(36)14-31-27(37)34-28-33-20-7-3-4-9-23(20)39-28/h3-13H,14-15H2,1-2H3,(H2,31,33,34,37). The summed E-state index contributed by atoms with van der Waals surface area (Å²) in [6.07, 6.45) is 0. The molecule has 39 heavy (non-hydrogen) atoms. The minimum atomic E-state index is -0.536. The highest BCUT2D eigenvalue weighted by Gasteiger charge is 2.20. The number of carbonyl (C=O) groups is 2. The molecule has 0 fully saturated rings. The van der Waals surface area contributed by atoms with E-state index in [-0.39, 0.29) is 24.1 Å². The molecule has 5 rings (SSSR count). The molecule has 2 N–H and O–H groups in total. The second kappa shape index (κ2) is 11.4. The van der Waals surface area contributed by atoms with Crippen LogP contribution in [-0.2, 0) is 11.4 Å². The number of anilines is 2. The van der Waals surface area contributed by atoms with Crippen LogP contribution in [0.15, 0.2) is 66.7 Å². The summed E-state index contributed by atoms with van der Waals surface area (Å²) in [7, 11) is 1.58. The highest BCUT2D eigenvalue weighted by molar-refractivity contribution is 7.22. The molecule has 0 saturated heterocycles. The van der Waals surface area contributed by atoms with Gasteiger partial charge in [0.1, 0.15) is 17.9 Å². The van der Waals surface area contributed by atoms with Crippen molar-refractivity contribution in [2.45, 2.75) is 13.5 Å². The molecule has 11 heteroatoms. The highest BCUT2D eigenvalue weighted by Crippen LogP contribution is 2.35. The Morgan fingerprint density at radius 2 is 1.82 bits per heavy atom. The Balaban J connectivity index is 1.24. The maximum atomic E-state index is 12.9. The number of halogens is 2. The van der Waals surface area contributed by atoms with Crippen molar-refractivity contribution in [3.05, 3.63) is 88.0 Å². The predicted octanol–water partition coefficient (Wildman–Crippen LogP) is 6.82. The summed E-state index contributed by atoms with van der Waals surface area (Å²) in [6.45, 7) is 1.74. The van der Waals surface area contributed by atoms with Gasteiger partial charge in [-0.3, -0.25) is 10.1 Å². The van der Waals surface area contributed by atoms with Gasteiger partial charge in [-0.1, -0.05) is 64.9 Å². The highest BCUT2D eigenvalue weighted by atomic mass is 35.5. The van der Waals surface area contributed by atoms with Crippen molar-refractivity contribution in [1.82, 2.24) is 15.3 Å². The average molecular weight is 580 g/mol. The largest absolute Gasteiger partial charge is 0.487 e. The second-order valence-corrected chi connectivity index (χ2v) is 10.5. The topological polar surface area (TPSA) is 96.5 Å². The van der Waals surface area contributed by atoms with E-state index < -0.39 is 6.03 Å².